The second-order valence-corrected chi connectivity index (χ2v) is 5.24. The van der Waals surface area contributed by atoms with Crippen molar-refractivity contribution in [3.63, 3.8) is 0 Å². The maximum Gasteiger partial charge on any atom is 0.147 e. The van der Waals surface area contributed by atoms with E-state index in [0.29, 0.717) is 12.0 Å². The van der Waals surface area contributed by atoms with Gasteiger partial charge in [0.15, 0.2) is 0 Å². The van der Waals surface area contributed by atoms with Gasteiger partial charge in [0.05, 0.1) is 11.9 Å². The zero-order chi connectivity index (χ0) is 13.5. The summed E-state index contributed by atoms with van der Waals surface area (Å²) in [4.78, 5) is 11.1. The second kappa shape index (κ2) is 7.31. The smallest absolute Gasteiger partial charge is 0.147 e. The van der Waals surface area contributed by atoms with Gasteiger partial charge in [-0.05, 0) is 25.8 Å². The first-order chi connectivity index (χ1) is 8.54. The van der Waals surface area contributed by atoms with Gasteiger partial charge in [-0.1, -0.05) is 20.8 Å². The summed E-state index contributed by atoms with van der Waals surface area (Å²) >= 11 is 0. The van der Waals surface area contributed by atoms with E-state index >= 15 is 0 Å². The molecule has 1 unspecified atom stereocenters. The number of nitrogens with one attached hydrogen (secondary N) is 1. The number of nitrogens with zero attached hydrogens (tertiary/aromatic N) is 3. The minimum atomic E-state index is 0.480. The summed E-state index contributed by atoms with van der Waals surface area (Å²) in [6, 6.07) is 0.480. The van der Waals surface area contributed by atoms with Gasteiger partial charge in [0.25, 0.3) is 0 Å². The summed E-state index contributed by atoms with van der Waals surface area (Å²) in [7, 11) is 2.09. The molecule has 0 fully saturated rings. The molecule has 1 atom stereocenters. The molecule has 0 radical (unpaired) electrons. The highest BCUT2D eigenvalue weighted by Crippen LogP contribution is 2.16. The summed E-state index contributed by atoms with van der Waals surface area (Å²) in [5.74, 6) is 1.65. The molecule has 4 heteroatoms. The first-order valence-corrected chi connectivity index (χ1v) is 6.79. The molecule has 0 aliphatic rings. The molecule has 102 valence electrons. The van der Waals surface area contributed by atoms with Crippen LogP contribution in [-0.4, -0.2) is 29.6 Å². The van der Waals surface area contributed by atoms with Crippen molar-refractivity contribution in [2.24, 2.45) is 5.92 Å². The van der Waals surface area contributed by atoms with Gasteiger partial charge in [-0.3, -0.25) is 4.98 Å². The van der Waals surface area contributed by atoms with Crippen LogP contribution in [0.3, 0.4) is 0 Å². The molecule has 0 aromatic carbocycles. The normalized spacial score (nSPS) is 12.8. The Labute approximate surface area is 111 Å². The van der Waals surface area contributed by atoms with Gasteiger partial charge in [-0.2, -0.15) is 0 Å². The van der Waals surface area contributed by atoms with Crippen LogP contribution in [0.2, 0.25) is 0 Å². The average Bonchev–Trinajstić information content (AvgIpc) is 2.35. The van der Waals surface area contributed by atoms with E-state index in [2.05, 4.69) is 54.9 Å². The SMILES string of the molecule is CCNCc1cncc(N(C)C(C)CC(C)C)n1. The highest BCUT2D eigenvalue weighted by atomic mass is 15.2. The summed E-state index contributed by atoms with van der Waals surface area (Å²) in [6.45, 7) is 10.6. The third-order valence-electron chi connectivity index (χ3n) is 3.06. The van der Waals surface area contributed by atoms with Gasteiger partial charge in [0.1, 0.15) is 5.82 Å². The van der Waals surface area contributed by atoms with Gasteiger partial charge >= 0.3 is 0 Å². The van der Waals surface area contributed by atoms with Gasteiger partial charge in [0, 0.05) is 25.8 Å². The fraction of sp³-hybridized carbons (Fsp3) is 0.714. The molecule has 0 saturated carbocycles. The number of hydrogen-bond acceptors (Lipinski definition) is 4. The highest BCUT2D eigenvalue weighted by Gasteiger charge is 2.13. The van der Waals surface area contributed by atoms with Crippen LogP contribution in [0.4, 0.5) is 5.82 Å². The Bertz CT molecular complexity index is 351. The highest BCUT2D eigenvalue weighted by molar-refractivity contribution is 5.36. The molecule has 0 bridgehead atoms. The average molecular weight is 250 g/mol. The fourth-order valence-electron chi connectivity index (χ4n) is 1.97. The van der Waals surface area contributed by atoms with Crippen LogP contribution in [0.25, 0.3) is 0 Å². The van der Waals surface area contributed by atoms with E-state index in [0.717, 1.165) is 31.0 Å². The quantitative estimate of drug-likeness (QED) is 0.807. The second-order valence-electron chi connectivity index (χ2n) is 5.24. The van der Waals surface area contributed by atoms with Crippen LogP contribution in [0.5, 0.6) is 0 Å². The Morgan fingerprint density at radius 2 is 2.00 bits per heavy atom. The molecule has 0 saturated heterocycles. The number of rotatable bonds is 7. The molecule has 4 nitrogen and oxygen atoms in total. The van der Waals surface area contributed by atoms with Crippen molar-refractivity contribution in [2.45, 2.75) is 46.7 Å². The Balaban J connectivity index is 2.69. The van der Waals surface area contributed by atoms with Crippen molar-refractivity contribution in [3.05, 3.63) is 18.1 Å². The van der Waals surface area contributed by atoms with E-state index in [1.165, 1.54) is 0 Å². The maximum atomic E-state index is 4.64. The molecular weight excluding hydrogens is 224 g/mol. The fourth-order valence-corrected chi connectivity index (χ4v) is 1.97. The third-order valence-corrected chi connectivity index (χ3v) is 3.06. The number of hydrogen-bond donors (Lipinski definition) is 1. The maximum absolute atomic E-state index is 4.64. The summed E-state index contributed by atoms with van der Waals surface area (Å²) < 4.78 is 0. The van der Waals surface area contributed by atoms with Crippen LogP contribution in [0.15, 0.2) is 12.4 Å². The van der Waals surface area contributed by atoms with Crippen molar-refractivity contribution in [1.29, 1.82) is 0 Å². The molecule has 1 aromatic heterocycles. The van der Waals surface area contributed by atoms with Crippen molar-refractivity contribution >= 4 is 5.82 Å². The summed E-state index contributed by atoms with van der Waals surface area (Å²) in [5, 5.41) is 3.27. The molecular formula is C14H26N4. The van der Waals surface area contributed by atoms with Crippen LogP contribution >= 0.6 is 0 Å². The zero-order valence-electron chi connectivity index (χ0n) is 12.3. The molecule has 0 aliphatic carbocycles. The van der Waals surface area contributed by atoms with Crippen LogP contribution in [0.1, 0.15) is 39.8 Å². The monoisotopic (exact) mass is 250 g/mol. The zero-order valence-corrected chi connectivity index (χ0v) is 12.3. The van der Waals surface area contributed by atoms with Gasteiger partial charge in [0.2, 0.25) is 0 Å². The lowest BCUT2D eigenvalue weighted by molar-refractivity contribution is 0.501. The minimum absolute atomic E-state index is 0.480. The number of anilines is 1. The molecule has 1 N–H and O–H groups in total. The van der Waals surface area contributed by atoms with Gasteiger partial charge in [-0.25, -0.2) is 4.98 Å². The molecule has 18 heavy (non-hydrogen) atoms. The van der Waals surface area contributed by atoms with E-state index < -0.39 is 0 Å². The Kier molecular flexibility index (Phi) is 6.05. The standard InChI is InChI=1S/C14H26N4/c1-6-15-8-13-9-16-10-14(17-13)18(5)12(4)7-11(2)3/h9-12,15H,6-8H2,1-5H3. The first kappa shape index (κ1) is 14.9. The molecule has 1 heterocycles. The van der Waals surface area contributed by atoms with E-state index in [4.69, 9.17) is 0 Å². The molecule has 0 amide bonds. The van der Waals surface area contributed by atoms with Crippen LogP contribution < -0.4 is 10.2 Å². The third kappa shape index (κ3) is 4.61. The van der Waals surface area contributed by atoms with Crippen LogP contribution in [-0.2, 0) is 6.54 Å². The summed E-state index contributed by atoms with van der Waals surface area (Å²) in [6.07, 6.45) is 4.83. The van der Waals surface area contributed by atoms with Gasteiger partial charge < -0.3 is 10.2 Å². The molecule has 1 aromatic rings. The Morgan fingerprint density at radius 3 is 2.61 bits per heavy atom. The van der Waals surface area contributed by atoms with Crippen LogP contribution in [0, 0.1) is 5.92 Å². The van der Waals surface area contributed by atoms with E-state index in [1.54, 1.807) is 0 Å². The molecule has 0 spiro atoms. The first-order valence-electron chi connectivity index (χ1n) is 6.79. The predicted octanol–water partition coefficient (Wildman–Crippen LogP) is 2.46. The van der Waals surface area contributed by atoms with E-state index in [1.807, 2.05) is 12.4 Å². The Morgan fingerprint density at radius 1 is 1.28 bits per heavy atom. The summed E-state index contributed by atoms with van der Waals surface area (Å²) in [5.41, 5.74) is 0.998. The molecule has 0 aliphatic heterocycles. The van der Waals surface area contributed by atoms with Gasteiger partial charge in [-0.15, -0.1) is 0 Å². The lowest BCUT2D eigenvalue weighted by Gasteiger charge is -2.27. The largest absolute Gasteiger partial charge is 0.356 e. The molecule has 1 rings (SSSR count). The Hall–Kier alpha value is -1.16. The van der Waals surface area contributed by atoms with E-state index in [9.17, 15) is 0 Å². The lowest BCUT2D eigenvalue weighted by atomic mass is 10.0. The van der Waals surface area contributed by atoms with Crippen molar-refractivity contribution in [2.75, 3.05) is 18.5 Å². The minimum Gasteiger partial charge on any atom is -0.356 e. The predicted molar refractivity (Wildman–Crippen MR) is 76.7 cm³/mol. The van der Waals surface area contributed by atoms with E-state index in [-0.39, 0.29) is 0 Å². The van der Waals surface area contributed by atoms with Crippen molar-refractivity contribution in [1.82, 2.24) is 15.3 Å². The lowest BCUT2D eigenvalue weighted by Crippen LogP contribution is -2.31. The topological polar surface area (TPSA) is 41.1 Å². The van der Waals surface area contributed by atoms with Crippen molar-refractivity contribution < 1.29 is 0 Å². The number of aromatic nitrogens is 2. The van der Waals surface area contributed by atoms with Crippen molar-refractivity contribution in [3.8, 4) is 0 Å².